The highest BCUT2D eigenvalue weighted by atomic mass is 35.5. The zero-order chi connectivity index (χ0) is 29.8. The zero-order valence-corrected chi connectivity index (χ0v) is 24.3. The number of ether oxygens (including phenoxy) is 1. The van der Waals surface area contributed by atoms with Gasteiger partial charge in [-0.1, -0.05) is 54.1 Å². The molecule has 0 spiro atoms. The van der Waals surface area contributed by atoms with Gasteiger partial charge in [0.05, 0.1) is 22.8 Å². The number of aryl methyl sites for hydroxylation is 3. The molecule has 0 fully saturated rings. The molecule has 6 rings (SSSR count). The lowest BCUT2D eigenvalue weighted by Gasteiger charge is -2.16. The van der Waals surface area contributed by atoms with E-state index in [1.807, 2.05) is 59.6 Å². The number of carboxylic acids is 1. The summed E-state index contributed by atoms with van der Waals surface area (Å²) in [5, 5.41) is 29.3. The van der Waals surface area contributed by atoms with E-state index in [0.29, 0.717) is 43.3 Å². The molecule has 2 aromatic heterocycles. The summed E-state index contributed by atoms with van der Waals surface area (Å²) in [5.74, 6) is -0.0834. The monoisotopic (exact) mass is 588 g/mol. The molecule has 10 heteroatoms. The smallest absolute Gasteiger partial charge is 0.352 e. The first-order valence-corrected chi connectivity index (χ1v) is 14.2. The Balaban J connectivity index is 0.00000113. The summed E-state index contributed by atoms with van der Waals surface area (Å²) < 4.78 is 10.0. The Morgan fingerprint density at radius 2 is 1.88 bits per heavy atom. The molecule has 0 aliphatic carbocycles. The highest BCUT2D eigenvalue weighted by Crippen LogP contribution is 2.42. The maximum Gasteiger partial charge on any atom is 0.352 e. The number of hydrogen-bond donors (Lipinski definition) is 3. The number of carbonyl (C=O) groups is 2. The minimum absolute atomic E-state index is 0.250. The lowest BCUT2D eigenvalue weighted by molar-refractivity contribution is -0.122. The molecule has 1 aliphatic heterocycles. The predicted molar refractivity (Wildman–Crippen MR) is 164 cm³/mol. The number of carboxylic acid groups (broad SMARTS) is 2. The van der Waals surface area contributed by atoms with Crippen LogP contribution in [0.15, 0.2) is 54.6 Å². The first kappa shape index (κ1) is 29.2. The minimum Gasteiger partial charge on any atom is -0.493 e. The molecule has 9 nitrogen and oxygen atoms in total. The van der Waals surface area contributed by atoms with Crippen molar-refractivity contribution >= 4 is 45.7 Å². The molecule has 5 aromatic rings. The number of fused-ring (bicyclic) bond motifs is 3. The van der Waals surface area contributed by atoms with Gasteiger partial charge >= 0.3 is 5.97 Å². The molecule has 0 saturated heterocycles. The van der Waals surface area contributed by atoms with E-state index in [4.69, 9.17) is 31.3 Å². The molecule has 3 N–H and O–H groups in total. The van der Waals surface area contributed by atoms with Crippen LogP contribution < -0.4 is 10.1 Å². The topological polar surface area (TPSA) is 119 Å². The molecule has 3 aromatic carbocycles. The highest BCUT2D eigenvalue weighted by Gasteiger charge is 2.28. The largest absolute Gasteiger partial charge is 0.493 e. The van der Waals surface area contributed by atoms with Gasteiger partial charge in [0.15, 0.2) is 0 Å². The Kier molecular flexibility index (Phi) is 8.80. The van der Waals surface area contributed by atoms with Crippen molar-refractivity contribution in [3.63, 3.8) is 0 Å². The highest BCUT2D eigenvalue weighted by molar-refractivity contribution is 6.35. The molecule has 42 heavy (non-hydrogen) atoms. The lowest BCUT2D eigenvalue weighted by Crippen LogP contribution is -2.20. The zero-order valence-electron chi connectivity index (χ0n) is 23.6. The minimum atomic E-state index is -0.925. The fourth-order valence-corrected chi connectivity index (χ4v) is 6.15. The first-order chi connectivity index (χ1) is 20.4. The van der Waals surface area contributed by atoms with E-state index >= 15 is 0 Å². The van der Waals surface area contributed by atoms with E-state index in [0.717, 1.165) is 68.5 Å². The summed E-state index contributed by atoms with van der Waals surface area (Å²) in [4.78, 5) is 21.1. The van der Waals surface area contributed by atoms with E-state index in [1.54, 1.807) is 0 Å². The van der Waals surface area contributed by atoms with Crippen molar-refractivity contribution < 1.29 is 24.5 Å². The van der Waals surface area contributed by atoms with Crippen molar-refractivity contribution in [1.82, 2.24) is 19.7 Å². The van der Waals surface area contributed by atoms with Gasteiger partial charge < -0.3 is 24.8 Å². The third-order valence-electron chi connectivity index (χ3n) is 7.74. The van der Waals surface area contributed by atoms with Crippen molar-refractivity contribution in [2.24, 2.45) is 7.05 Å². The van der Waals surface area contributed by atoms with E-state index < -0.39 is 5.97 Å². The predicted octanol–water partition coefficient (Wildman–Crippen LogP) is 6.06. The lowest BCUT2D eigenvalue weighted by atomic mass is 9.98. The van der Waals surface area contributed by atoms with E-state index in [1.165, 1.54) is 0 Å². The van der Waals surface area contributed by atoms with Crippen molar-refractivity contribution in [3.8, 4) is 16.9 Å². The molecule has 0 amide bonds. The number of nitrogens with one attached hydrogen (secondary N) is 1. The molecule has 0 atom stereocenters. The Morgan fingerprint density at radius 1 is 1.12 bits per heavy atom. The van der Waals surface area contributed by atoms with Crippen LogP contribution in [0.3, 0.4) is 0 Å². The van der Waals surface area contributed by atoms with Gasteiger partial charge in [-0.2, -0.15) is 5.10 Å². The summed E-state index contributed by atoms with van der Waals surface area (Å²) in [5.41, 5.74) is 5.79. The number of hydrogen-bond acceptors (Lipinski definition) is 5. The standard InChI is InChI=1S/C31H31ClN4O3.CH2O2/c1-19-27-25(34-35(19)2)18-33-15-7-16-36-29-23(13-14-24(32)28(27)29)22(30(36)31(37)38)11-6-17-39-26-12-5-9-20-8-3-4-10-21(20)26;2-1-3/h3-5,8-10,12-14,33H,6-7,11,15-18H2,1-2H3,(H,37,38);1H,(H,2,3). The third-order valence-corrected chi connectivity index (χ3v) is 8.06. The Labute approximate surface area is 248 Å². The number of benzene rings is 3. The van der Waals surface area contributed by atoms with Crippen LogP contribution in [0.4, 0.5) is 0 Å². The Hall–Kier alpha value is -4.34. The van der Waals surface area contributed by atoms with Crippen molar-refractivity contribution in [3.05, 3.63) is 82.3 Å². The Bertz CT molecular complexity index is 1770. The van der Waals surface area contributed by atoms with Crippen LogP contribution in [-0.4, -0.2) is 50.2 Å². The third kappa shape index (κ3) is 5.45. The Morgan fingerprint density at radius 3 is 2.67 bits per heavy atom. The van der Waals surface area contributed by atoms with E-state index in [-0.39, 0.29) is 6.47 Å². The van der Waals surface area contributed by atoms with Gasteiger partial charge in [-0.05, 0) is 55.8 Å². The summed E-state index contributed by atoms with van der Waals surface area (Å²) >= 11 is 6.88. The van der Waals surface area contributed by atoms with Crippen molar-refractivity contribution in [1.29, 1.82) is 0 Å². The van der Waals surface area contributed by atoms with Crippen LogP contribution in [0.25, 0.3) is 32.8 Å². The maximum atomic E-state index is 12.7. The quantitative estimate of drug-likeness (QED) is 0.163. The fraction of sp³-hybridized carbons (Fsp3) is 0.281. The van der Waals surface area contributed by atoms with Gasteiger partial charge in [-0.3, -0.25) is 9.48 Å². The second-order valence-corrected chi connectivity index (χ2v) is 10.6. The molecule has 0 bridgehead atoms. The average molecular weight is 589 g/mol. The number of halogens is 1. The van der Waals surface area contributed by atoms with Gasteiger partial charge in [0.25, 0.3) is 6.47 Å². The van der Waals surface area contributed by atoms with Crippen LogP contribution in [-0.2, 0) is 31.4 Å². The van der Waals surface area contributed by atoms with Crippen molar-refractivity contribution in [2.45, 2.75) is 39.3 Å². The number of aromatic carboxylic acids is 1. The summed E-state index contributed by atoms with van der Waals surface area (Å²) in [6, 6.07) is 18.1. The second kappa shape index (κ2) is 12.7. The molecule has 0 radical (unpaired) electrons. The number of nitrogens with zero attached hydrogens (tertiary/aromatic N) is 3. The molecular formula is C32H33ClN4O5. The van der Waals surface area contributed by atoms with Crippen LogP contribution in [0.1, 0.15) is 40.3 Å². The van der Waals surface area contributed by atoms with Crippen LogP contribution in [0.5, 0.6) is 5.75 Å². The summed E-state index contributed by atoms with van der Waals surface area (Å²) in [7, 11) is 1.93. The fourth-order valence-electron chi connectivity index (χ4n) is 5.90. The maximum absolute atomic E-state index is 12.7. The molecule has 1 aliphatic rings. The van der Waals surface area contributed by atoms with Crippen LogP contribution in [0.2, 0.25) is 5.02 Å². The number of aromatic nitrogens is 3. The molecule has 3 heterocycles. The molecule has 0 unspecified atom stereocenters. The normalized spacial score (nSPS) is 12.8. The second-order valence-electron chi connectivity index (χ2n) is 10.2. The molecule has 218 valence electrons. The van der Waals surface area contributed by atoms with Crippen molar-refractivity contribution in [2.75, 3.05) is 13.2 Å². The molecule has 0 saturated carbocycles. The molecular weight excluding hydrogens is 556 g/mol. The SMILES string of the molecule is Cc1c2c(nn1C)CNCCCn1c(C(=O)O)c(CCCOc3cccc4ccccc34)c3ccc(Cl)c-2c31.O=CO. The van der Waals surface area contributed by atoms with Gasteiger partial charge in [0, 0.05) is 47.7 Å². The first-order valence-electron chi connectivity index (χ1n) is 13.9. The summed E-state index contributed by atoms with van der Waals surface area (Å²) in [6.45, 7) is 4.24. The van der Waals surface area contributed by atoms with Crippen LogP contribution >= 0.6 is 11.6 Å². The number of rotatable bonds is 6. The van der Waals surface area contributed by atoms with E-state index in [2.05, 4.69) is 23.5 Å². The average Bonchev–Trinajstić information content (AvgIpc) is 3.44. The van der Waals surface area contributed by atoms with E-state index in [9.17, 15) is 9.90 Å². The van der Waals surface area contributed by atoms with Crippen LogP contribution in [0, 0.1) is 6.92 Å². The van der Waals surface area contributed by atoms with Gasteiger partial charge in [0.1, 0.15) is 11.4 Å². The van der Waals surface area contributed by atoms with Gasteiger partial charge in [-0.15, -0.1) is 0 Å². The van der Waals surface area contributed by atoms with Gasteiger partial charge in [-0.25, -0.2) is 4.79 Å². The summed E-state index contributed by atoms with van der Waals surface area (Å²) in [6.07, 6.45) is 2.05. The van der Waals surface area contributed by atoms with Gasteiger partial charge in [0.2, 0.25) is 0 Å².